The van der Waals surface area contributed by atoms with E-state index in [0.717, 1.165) is 0 Å². The Kier molecular flexibility index (Phi) is 1.56. The summed E-state index contributed by atoms with van der Waals surface area (Å²) in [6, 6.07) is 10.5. The van der Waals surface area contributed by atoms with Crippen LogP contribution in [0.25, 0.3) is 0 Å². The smallest absolute Gasteiger partial charge is 0.0933 e. The summed E-state index contributed by atoms with van der Waals surface area (Å²) in [5.74, 6) is 0. The highest BCUT2D eigenvalue weighted by Gasteiger charge is 2.05. The van der Waals surface area contributed by atoms with Crippen LogP contribution in [0.1, 0.15) is 11.6 Å². The molecule has 0 N–H and O–H groups in total. The maximum absolute atomic E-state index is 4.27. The fourth-order valence-corrected chi connectivity index (χ4v) is 1.19. The van der Waals surface area contributed by atoms with Gasteiger partial charge >= 0.3 is 0 Å². The molecule has 0 saturated carbocycles. The van der Waals surface area contributed by atoms with Crippen LogP contribution in [-0.4, -0.2) is 6.21 Å². The fourth-order valence-electron chi connectivity index (χ4n) is 1.19. The van der Waals surface area contributed by atoms with Crippen molar-refractivity contribution in [3.05, 3.63) is 48.0 Å². The SMILES string of the molecule is C1=CC(c2ccccc2)N=C1. The van der Waals surface area contributed by atoms with Crippen molar-refractivity contribution in [1.29, 1.82) is 0 Å². The average molecular weight is 143 g/mol. The second-order valence-electron chi connectivity index (χ2n) is 2.54. The van der Waals surface area contributed by atoms with E-state index in [9.17, 15) is 0 Å². The molecule has 1 aromatic rings. The van der Waals surface area contributed by atoms with Crippen molar-refractivity contribution >= 4 is 6.21 Å². The highest BCUT2D eigenvalue weighted by Crippen LogP contribution is 2.20. The molecule has 0 bridgehead atoms. The molecule has 1 heteroatoms. The van der Waals surface area contributed by atoms with E-state index in [-0.39, 0.29) is 6.04 Å². The van der Waals surface area contributed by atoms with Crippen LogP contribution in [0.2, 0.25) is 0 Å². The van der Waals surface area contributed by atoms with E-state index < -0.39 is 0 Å². The molecule has 1 nitrogen and oxygen atoms in total. The molecule has 1 aromatic carbocycles. The molecule has 1 aliphatic heterocycles. The number of rotatable bonds is 1. The number of aliphatic imine (C=N–C) groups is 1. The summed E-state index contributed by atoms with van der Waals surface area (Å²) in [6.07, 6.45) is 5.92. The number of nitrogens with zero attached hydrogens (tertiary/aromatic N) is 1. The number of hydrogen-bond acceptors (Lipinski definition) is 1. The van der Waals surface area contributed by atoms with Crippen LogP contribution < -0.4 is 0 Å². The fraction of sp³-hybridized carbons (Fsp3) is 0.100. The summed E-state index contributed by atoms with van der Waals surface area (Å²) < 4.78 is 0. The lowest BCUT2D eigenvalue weighted by atomic mass is 10.1. The third-order valence-corrected chi connectivity index (χ3v) is 1.77. The molecule has 1 heterocycles. The molecule has 0 spiro atoms. The molecule has 0 amide bonds. The summed E-state index contributed by atoms with van der Waals surface area (Å²) >= 11 is 0. The molecule has 1 aliphatic rings. The van der Waals surface area contributed by atoms with Gasteiger partial charge in [0.15, 0.2) is 0 Å². The van der Waals surface area contributed by atoms with Crippen molar-refractivity contribution in [3.63, 3.8) is 0 Å². The predicted molar refractivity (Wildman–Crippen MR) is 46.8 cm³/mol. The first-order chi connectivity index (χ1) is 5.47. The van der Waals surface area contributed by atoms with Crippen LogP contribution >= 0.6 is 0 Å². The van der Waals surface area contributed by atoms with E-state index >= 15 is 0 Å². The lowest BCUT2D eigenvalue weighted by Crippen LogP contribution is -1.86. The molecule has 54 valence electrons. The van der Waals surface area contributed by atoms with Crippen molar-refractivity contribution < 1.29 is 0 Å². The molecule has 0 fully saturated rings. The maximum atomic E-state index is 4.27. The van der Waals surface area contributed by atoms with Gasteiger partial charge in [-0.1, -0.05) is 36.4 Å². The van der Waals surface area contributed by atoms with E-state index in [4.69, 9.17) is 0 Å². The van der Waals surface area contributed by atoms with Crippen molar-refractivity contribution in [3.8, 4) is 0 Å². The van der Waals surface area contributed by atoms with E-state index in [2.05, 4.69) is 23.2 Å². The third-order valence-electron chi connectivity index (χ3n) is 1.77. The largest absolute Gasteiger partial charge is 0.281 e. The molecule has 11 heavy (non-hydrogen) atoms. The Bertz CT molecular complexity index is 273. The summed E-state index contributed by atoms with van der Waals surface area (Å²) in [7, 11) is 0. The molecule has 0 aromatic heterocycles. The van der Waals surface area contributed by atoms with E-state index in [1.54, 1.807) is 0 Å². The van der Waals surface area contributed by atoms with Gasteiger partial charge in [0, 0.05) is 6.21 Å². The summed E-state index contributed by atoms with van der Waals surface area (Å²) in [5.41, 5.74) is 1.26. The molecule has 0 aliphatic carbocycles. The van der Waals surface area contributed by atoms with Crippen molar-refractivity contribution in [2.45, 2.75) is 6.04 Å². The Morgan fingerprint density at radius 2 is 1.91 bits per heavy atom. The zero-order valence-corrected chi connectivity index (χ0v) is 6.14. The lowest BCUT2D eigenvalue weighted by molar-refractivity contribution is 0.936. The Morgan fingerprint density at radius 1 is 1.09 bits per heavy atom. The van der Waals surface area contributed by atoms with E-state index in [1.165, 1.54) is 5.56 Å². The van der Waals surface area contributed by atoms with E-state index in [1.807, 2.05) is 30.5 Å². The van der Waals surface area contributed by atoms with Crippen molar-refractivity contribution in [2.24, 2.45) is 4.99 Å². The molecule has 1 unspecified atom stereocenters. The highest BCUT2D eigenvalue weighted by molar-refractivity contribution is 5.74. The van der Waals surface area contributed by atoms with Gasteiger partial charge in [0.1, 0.15) is 0 Å². The van der Waals surface area contributed by atoms with Crippen LogP contribution in [0.15, 0.2) is 47.5 Å². The summed E-state index contributed by atoms with van der Waals surface area (Å²) in [5, 5.41) is 0. The second-order valence-corrected chi connectivity index (χ2v) is 2.54. The number of allylic oxidation sites excluding steroid dienone is 1. The molecular formula is C10H9N. The Hall–Kier alpha value is -1.37. The topological polar surface area (TPSA) is 12.4 Å². The predicted octanol–water partition coefficient (Wildman–Crippen LogP) is 2.37. The quantitative estimate of drug-likeness (QED) is 0.572. The van der Waals surface area contributed by atoms with Crippen LogP contribution in [0, 0.1) is 0 Å². The lowest BCUT2D eigenvalue weighted by Gasteiger charge is -2.02. The normalized spacial score (nSPS) is 20.9. The highest BCUT2D eigenvalue weighted by atomic mass is 14.8. The number of benzene rings is 1. The van der Waals surface area contributed by atoms with Gasteiger partial charge in [0.25, 0.3) is 0 Å². The first-order valence-electron chi connectivity index (χ1n) is 3.72. The maximum Gasteiger partial charge on any atom is 0.0933 e. The average Bonchev–Trinajstić information content (AvgIpc) is 2.58. The third kappa shape index (κ3) is 1.22. The Labute approximate surface area is 66.1 Å². The van der Waals surface area contributed by atoms with Crippen LogP contribution in [0.3, 0.4) is 0 Å². The minimum absolute atomic E-state index is 0.260. The molecule has 1 atom stereocenters. The van der Waals surface area contributed by atoms with Crippen LogP contribution in [0.5, 0.6) is 0 Å². The van der Waals surface area contributed by atoms with Gasteiger partial charge in [0.05, 0.1) is 6.04 Å². The zero-order valence-electron chi connectivity index (χ0n) is 6.14. The summed E-state index contributed by atoms with van der Waals surface area (Å²) in [6.45, 7) is 0. The molecule has 0 radical (unpaired) electrons. The standard InChI is InChI=1S/C10H9N/c1-2-5-9(6-3-1)10-7-4-8-11-10/h1-8,10H. The zero-order chi connectivity index (χ0) is 7.52. The summed E-state index contributed by atoms with van der Waals surface area (Å²) in [4.78, 5) is 4.27. The second kappa shape index (κ2) is 2.70. The molecule has 2 rings (SSSR count). The van der Waals surface area contributed by atoms with Gasteiger partial charge in [-0.25, -0.2) is 0 Å². The first kappa shape index (κ1) is 6.35. The number of hydrogen-bond donors (Lipinski definition) is 0. The minimum Gasteiger partial charge on any atom is -0.281 e. The molecular weight excluding hydrogens is 134 g/mol. The van der Waals surface area contributed by atoms with Gasteiger partial charge in [-0.2, -0.15) is 0 Å². The van der Waals surface area contributed by atoms with Gasteiger partial charge in [0.2, 0.25) is 0 Å². The van der Waals surface area contributed by atoms with Gasteiger partial charge in [-0.3, -0.25) is 4.99 Å². The first-order valence-corrected chi connectivity index (χ1v) is 3.72. The van der Waals surface area contributed by atoms with Crippen LogP contribution in [-0.2, 0) is 0 Å². The van der Waals surface area contributed by atoms with E-state index in [0.29, 0.717) is 0 Å². The van der Waals surface area contributed by atoms with Gasteiger partial charge in [-0.15, -0.1) is 0 Å². The molecule has 0 saturated heterocycles. The Morgan fingerprint density at radius 3 is 2.55 bits per heavy atom. The van der Waals surface area contributed by atoms with Gasteiger partial charge < -0.3 is 0 Å². The van der Waals surface area contributed by atoms with Crippen molar-refractivity contribution in [1.82, 2.24) is 0 Å². The Balaban J connectivity index is 2.30. The minimum atomic E-state index is 0.260. The van der Waals surface area contributed by atoms with Gasteiger partial charge in [-0.05, 0) is 11.6 Å². The monoisotopic (exact) mass is 143 g/mol. The van der Waals surface area contributed by atoms with Crippen LogP contribution in [0.4, 0.5) is 0 Å². The van der Waals surface area contributed by atoms with Crippen molar-refractivity contribution in [2.75, 3.05) is 0 Å².